The second kappa shape index (κ2) is 5.17. The molecule has 82 valence electrons. The molecule has 0 saturated heterocycles. The molecule has 0 unspecified atom stereocenters. The highest BCUT2D eigenvalue weighted by Crippen LogP contribution is 2.27. The third kappa shape index (κ3) is 3.08. The molecule has 0 aromatic carbocycles. The van der Waals surface area contributed by atoms with Gasteiger partial charge in [0.25, 0.3) is 0 Å². The van der Waals surface area contributed by atoms with Crippen LogP contribution in [-0.2, 0) is 0 Å². The first-order valence-corrected chi connectivity index (χ1v) is 6.48. The van der Waals surface area contributed by atoms with Crippen molar-refractivity contribution in [3.05, 3.63) is 21.9 Å². The third-order valence-electron chi connectivity index (χ3n) is 2.86. The number of hydrogen-bond donors (Lipinski definition) is 1. The van der Waals surface area contributed by atoms with Crippen molar-refractivity contribution < 1.29 is 0 Å². The minimum Gasteiger partial charge on any atom is -0.382 e. The van der Waals surface area contributed by atoms with E-state index in [1.807, 2.05) is 6.07 Å². The average molecular weight is 290 g/mol. The Hall–Kier alpha value is -0.280. The van der Waals surface area contributed by atoms with Gasteiger partial charge < -0.3 is 5.32 Å². The maximum atomic E-state index is 5.99. The molecule has 4 heteroatoms. The summed E-state index contributed by atoms with van der Waals surface area (Å²) < 4.78 is 0.959. The zero-order valence-electron chi connectivity index (χ0n) is 8.47. The monoisotopic (exact) mass is 288 g/mol. The lowest BCUT2D eigenvalue weighted by atomic mass is 10.1. The fourth-order valence-electron chi connectivity index (χ4n) is 2.02. The fourth-order valence-corrected chi connectivity index (χ4v) is 2.52. The molecule has 1 N–H and O–H groups in total. The molecule has 1 aliphatic carbocycles. The molecule has 1 saturated carbocycles. The van der Waals surface area contributed by atoms with Crippen LogP contribution in [0.4, 0.5) is 5.69 Å². The molecule has 0 aliphatic heterocycles. The van der Waals surface area contributed by atoms with Crippen LogP contribution >= 0.6 is 27.5 Å². The molecule has 1 aromatic rings. The van der Waals surface area contributed by atoms with Crippen molar-refractivity contribution in [2.45, 2.75) is 25.7 Å². The van der Waals surface area contributed by atoms with Crippen LogP contribution in [0.1, 0.15) is 25.7 Å². The van der Waals surface area contributed by atoms with Crippen LogP contribution in [0.15, 0.2) is 16.7 Å². The van der Waals surface area contributed by atoms with E-state index in [9.17, 15) is 0 Å². The number of aromatic nitrogens is 1. The van der Waals surface area contributed by atoms with Crippen LogP contribution in [0.5, 0.6) is 0 Å². The van der Waals surface area contributed by atoms with E-state index in [2.05, 4.69) is 26.2 Å². The highest BCUT2D eigenvalue weighted by Gasteiger charge is 2.15. The highest BCUT2D eigenvalue weighted by atomic mass is 79.9. The molecule has 2 nitrogen and oxygen atoms in total. The maximum Gasteiger partial charge on any atom is 0.152 e. The molecule has 1 aliphatic rings. The van der Waals surface area contributed by atoms with E-state index in [-0.39, 0.29) is 0 Å². The number of rotatable bonds is 3. The van der Waals surface area contributed by atoms with Gasteiger partial charge in [0.15, 0.2) is 5.15 Å². The maximum absolute atomic E-state index is 5.99. The van der Waals surface area contributed by atoms with Gasteiger partial charge in [0, 0.05) is 17.2 Å². The molecule has 0 atom stereocenters. The van der Waals surface area contributed by atoms with Gasteiger partial charge in [-0.15, -0.1) is 0 Å². The van der Waals surface area contributed by atoms with Crippen LogP contribution in [0.2, 0.25) is 5.15 Å². The Morgan fingerprint density at radius 1 is 1.47 bits per heavy atom. The second-order valence-electron chi connectivity index (χ2n) is 4.02. The van der Waals surface area contributed by atoms with Crippen molar-refractivity contribution in [2.75, 3.05) is 11.9 Å². The molecule has 0 amide bonds. The fraction of sp³-hybridized carbons (Fsp3) is 0.545. The van der Waals surface area contributed by atoms with Crippen molar-refractivity contribution >= 4 is 33.2 Å². The molecule has 1 fully saturated rings. The topological polar surface area (TPSA) is 24.9 Å². The zero-order chi connectivity index (χ0) is 10.7. The van der Waals surface area contributed by atoms with Crippen LogP contribution in [0.3, 0.4) is 0 Å². The lowest BCUT2D eigenvalue weighted by molar-refractivity contribution is 0.580. The van der Waals surface area contributed by atoms with Crippen LogP contribution < -0.4 is 5.32 Å². The number of nitrogens with one attached hydrogen (secondary N) is 1. The van der Waals surface area contributed by atoms with Gasteiger partial charge in [0.1, 0.15) is 0 Å². The predicted molar refractivity (Wildman–Crippen MR) is 67.4 cm³/mol. The summed E-state index contributed by atoms with van der Waals surface area (Å²) in [7, 11) is 0. The average Bonchev–Trinajstić information content (AvgIpc) is 2.72. The summed E-state index contributed by atoms with van der Waals surface area (Å²) in [6.45, 7) is 1.01. The van der Waals surface area contributed by atoms with E-state index in [0.717, 1.165) is 22.6 Å². The Kier molecular flexibility index (Phi) is 3.87. The Labute approximate surface area is 104 Å². The highest BCUT2D eigenvalue weighted by molar-refractivity contribution is 9.10. The first-order chi connectivity index (χ1) is 7.25. The standard InChI is InChI=1S/C11H14BrClN2/c12-9-5-10(11(13)15-7-9)14-6-8-3-1-2-4-8/h5,7-8,14H,1-4,6H2. The van der Waals surface area contributed by atoms with Gasteiger partial charge in [-0.25, -0.2) is 4.98 Å². The molecule has 2 rings (SSSR count). The van der Waals surface area contributed by atoms with Gasteiger partial charge in [-0.1, -0.05) is 24.4 Å². The summed E-state index contributed by atoms with van der Waals surface area (Å²) in [5, 5.41) is 3.92. The van der Waals surface area contributed by atoms with E-state index in [0.29, 0.717) is 5.15 Å². The largest absolute Gasteiger partial charge is 0.382 e. The number of nitrogens with zero attached hydrogens (tertiary/aromatic N) is 1. The molecule has 0 bridgehead atoms. The molecule has 1 aromatic heterocycles. The Balaban J connectivity index is 1.94. The summed E-state index contributed by atoms with van der Waals surface area (Å²) >= 11 is 9.38. The summed E-state index contributed by atoms with van der Waals surface area (Å²) in [6, 6.07) is 1.98. The molecular weight excluding hydrogens is 275 g/mol. The van der Waals surface area contributed by atoms with E-state index in [4.69, 9.17) is 11.6 Å². The molecule has 15 heavy (non-hydrogen) atoms. The van der Waals surface area contributed by atoms with Crippen molar-refractivity contribution in [1.29, 1.82) is 0 Å². The predicted octanol–water partition coefficient (Wildman–Crippen LogP) is 4.10. The van der Waals surface area contributed by atoms with Crippen LogP contribution in [0, 0.1) is 5.92 Å². The summed E-state index contributed by atoms with van der Waals surface area (Å²) in [4.78, 5) is 4.08. The smallest absolute Gasteiger partial charge is 0.152 e. The first-order valence-electron chi connectivity index (χ1n) is 5.30. The van der Waals surface area contributed by atoms with Crippen LogP contribution in [0.25, 0.3) is 0 Å². The van der Waals surface area contributed by atoms with E-state index in [1.165, 1.54) is 25.7 Å². The second-order valence-corrected chi connectivity index (χ2v) is 5.30. The van der Waals surface area contributed by atoms with Gasteiger partial charge in [0.2, 0.25) is 0 Å². The molecule has 0 radical (unpaired) electrons. The van der Waals surface area contributed by atoms with Gasteiger partial charge in [-0.05, 0) is 40.8 Å². The Morgan fingerprint density at radius 3 is 2.93 bits per heavy atom. The number of halogens is 2. The van der Waals surface area contributed by atoms with Gasteiger partial charge in [-0.2, -0.15) is 0 Å². The van der Waals surface area contributed by atoms with Crippen molar-refractivity contribution in [1.82, 2.24) is 4.98 Å². The molecule has 0 spiro atoms. The number of pyridine rings is 1. The summed E-state index contributed by atoms with van der Waals surface area (Å²) in [5.74, 6) is 0.806. The number of anilines is 1. The normalized spacial score (nSPS) is 16.9. The Bertz CT molecular complexity index is 337. The van der Waals surface area contributed by atoms with E-state index < -0.39 is 0 Å². The van der Waals surface area contributed by atoms with Crippen LogP contribution in [-0.4, -0.2) is 11.5 Å². The Morgan fingerprint density at radius 2 is 2.20 bits per heavy atom. The van der Waals surface area contributed by atoms with Gasteiger partial charge in [0.05, 0.1) is 5.69 Å². The van der Waals surface area contributed by atoms with Crippen molar-refractivity contribution in [2.24, 2.45) is 5.92 Å². The zero-order valence-corrected chi connectivity index (χ0v) is 10.8. The van der Waals surface area contributed by atoms with E-state index >= 15 is 0 Å². The third-order valence-corrected chi connectivity index (χ3v) is 3.60. The van der Waals surface area contributed by atoms with Gasteiger partial charge in [-0.3, -0.25) is 0 Å². The van der Waals surface area contributed by atoms with Crippen molar-refractivity contribution in [3.8, 4) is 0 Å². The SMILES string of the molecule is Clc1ncc(Br)cc1NCC1CCCC1. The molecule has 1 heterocycles. The minimum absolute atomic E-state index is 0.552. The quantitative estimate of drug-likeness (QED) is 0.847. The summed E-state index contributed by atoms with van der Waals surface area (Å²) in [5.41, 5.74) is 0.929. The lowest BCUT2D eigenvalue weighted by Gasteiger charge is -2.12. The first kappa shape index (κ1) is 11.2. The lowest BCUT2D eigenvalue weighted by Crippen LogP contribution is -2.11. The summed E-state index contributed by atoms with van der Waals surface area (Å²) in [6.07, 6.45) is 7.13. The van der Waals surface area contributed by atoms with E-state index in [1.54, 1.807) is 6.20 Å². The number of hydrogen-bond acceptors (Lipinski definition) is 2. The molecular formula is C11H14BrClN2. The van der Waals surface area contributed by atoms with Gasteiger partial charge >= 0.3 is 0 Å². The minimum atomic E-state index is 0.552. The van der Waals surface area contributed by atoms with Crippen molar-refractivity contribution in [3.63, 3.8) is 0 Å².